The van der Waals surface area contributed by atoms with Gasteiger partial charge in [-0.1, -0.05) is 12.1 Å². The standard InChI is InChI=1S/C21H16F3N3O2/c1-13(28)14-3-2-4-18(9-14)27-20(29)15-10-19(12-25-11-15)26-17-7-5-16(6-8-17)21(22,23)24/h2-12,26H,1H3,(H,27,29). The topological polar surface area (TPSA) is 71.1 Å². The number of aromatic nitrogens is 1. The number of anilines is 3. The number of ketones is 1. The van der Waals surface area contributed by atoms with Crippen LogP contribution in [-0.2, 0) is 6.18 Å². The van der Waals surface area contributed by atoms with Crippen molar-refractivity contribution in [2.24, 2.45) is 0 Å². The van der Waals surface area contributed by atoms with E-state index in [1.54, 1.807) is 24.3 Å². The molecular weight excluding hydrogens is 383 g/mol. The summed E-state index contributed by atoms with van der Waals surface area (Å²) in [6.45, 7) is 1.43. The number of hydrogen-bond donors (Lipinski definition) is 2. The van der Waals surface area contributed by atoms with Gasteiger partial charge in [-0.25, -0.2) is 0 Å². The van der Waals surface area contributed by atoms with E-state index < -0.39 is 17.6 Å². The van der Waals surface area contributed by atoms with Gasteiger partial charge in [-0.3, -0.25) is 14.6 Å². The van der Waals surface area contributed by atoms with Crippen LogP contribution in [0.15, 0.2) is 67.0 Å². The number of benzene rings is 2. The Balaban J connectivity index is 1.73. The van der Waals surface area contributed by atoms with E-state index in [0.717, 1.165) is 12.1 Å². The largest absolute Gasteiger partial charge is 0.416 e. The fourth-order valence-corrected chi connectivity index (χ4v) is 2.56. The highest BCUT2D eigenvalue weighted by molar-refractivity contribution is 6.05. The summed E-state index contributed by atoms with van der Waals surface area (Å²) < 4.78 is 37.9. The van der Waals surface area contributed by atoms with Crippen molar-refractivity contribution in [3.8, 4) is 0 Å². The summed E-state index contributed by atoms with van der Waals surface area (Å²) in [4.78, 5) is 27.9. The van der Waals surface area contributed by atoms with Gasteiger partial charge in [0.05, 0.1) is 23.0 Å². The van der Waals surface area contributed by atoms with Crippen molar-refractivity contribution in [1.29, 1.82) is 0 Å². The van der Waals surface area contributed by atoms with E-state index >= 15 is 0 Å². The molecule has 0 bridgehead atoms. The van der Waals surface area contributed by atoms with E-state index in [0.29, 0.717) is 22.6 Å². The number of rotatable bonds is 5. The van der Waals surface area contributed by atoms with Crippen LogP contribution in [-0.4, -0.2) is 16.7 Å². The minimum atomic E-state index is -4.40. The zero-order valence-electron chi connectivity index (χ0n) is 15.2. The van der Waals surface area contributed by atoms with Crippen molar-refractivity contribution >= 4 is 28.8 Å². The van der Waals surface area contributed by atoms with Crippen LogP contribution < -0.4 is 10.6 Å². The van der Waals surface area contributed by atoms with E-state index in [-0.39, 0.29) is 11.3 Å². The average molecular weight is 399 g/mol. The summed E-state index contributed by atoms with van der Waals surface area (Å²) in [6.07, 6.45) is -1.59. The van der Waals surface area contributed by atoms with Crippen LogP contribution in [0, 0.1) is 0 Å². The van der Waals surface area contributed by atoms with Crippen molar-refractivity contribution in [1.82, 2.24) is 4.98 Å². The number of nitrogens with zero attached hydrogens (tertiary/aromatic N) is 1. The van der Waals surface area contributed by atoms with E-state index in [2.05, 4.69) is 15.6 Å². The van der Waals surface area contributed by atoms with Crippen molar-refractivity contribution in [3.63, 3.8) is 0 Å². The van der Waals surface area contributed by atoms with Gasteiger partial charge in [0.1, 0.15) is 0 Å². The van der Waals surface area contributed by atoms with Crippen LogP contribution in [0.1, 0.15) is 33.2 Å². The molecule has 0 spiro atoms. The number of pyridine rings is 1. The summed E-state index contributed by atoms with van der Waals surface area (Å²) in [5.41, 5.74) is 1.29. The third-order valence-electron chi connectivity index (χ3n) is 4.03. The highest BCUT2D eigenvalue weighted by Crippen LogP contribution is 2.30. The van der Waals surface area contributed by atoms with Crippen molar-refractivity contribution in [2.45, 2.75) is 13.1 Å². The fraction of sp³-hybridized carbons (Fsp3) is 0.0952. The summed E-state index contributed by atoms with van der Waals surface area (Å²) in [7, 11) is 0. The average Bonchev–Trinajstić information content (AvgIpc) is 2.68. The second-order valence-electron chi connectivity index (χ2n) is 6.25. The van der Waals surface area contributed by atoms with E-state index in [4.69, 9.17) is 0 Å². The van der Waals surface area contributed by atoms with Gasteiger partial charge in [-0.2, -0.15) is 13.2 Å². The molecule has 8 heteroatoms. The molecule has 0 atom stereocenters. The molecule has 0 fully saturated rings. The predicted molar refractivity (Wildman–Crippen MR) is 103 cm³/mol. The van der Waals surface area contributed by atoms with Crippen LogP contribution in [0.4, 0.5) is 30.2 Å². The Morgan fingerprint density at radius 3 is 2.21 bits per heavy atom. The molecule has 3 aromatic rings. The molecule has 0 saturated heterocycles. The molecule has 0 aliphatic carbocycles. The molecule has 0 aliphatic heterocycles. The van der Waals surface area contributed by atoms with Crippen molar-refractivity contribution in [3.05, 3.63) is 83.7 Å². The predicted octanol–water partition coefficient (Wildman–Crippen LogP) is 5.30. The summed E-state index contributed by atoms with van der Waals surface area (Å²) in [5, 5.41) is 5.60. The molecule has 5 nitrogen and oxygen atoms in total. The molecule has 1 amide bonds. The molecule has 2 aromatic carbocycles. The maximum absolute atomic E-state index is 12.6. The number of hydrogen-bond acceptors (Lipinski definition) is 4. The second kappa shape index (κ2) is 8.14. The minimum Gasteiger partial charge on any atom is -0.354 e. The lowest BCUT2D eigenvalue weighted by molar-refractivity contribution is -0.137. The molecular formula is C21H16F3N3O2. The highest BCUT2D eigenvalue weighted by Gasteiger charge is 2.29. The van der Waals surface area contributed by atoms with E-state index in [9.17, 15) is 22.8 Å². The Labute approximate surface area is 164 Å². The number of amides is 1. The number of carbonyl (C=O) groups excluding carboxylic acids is 2. The van der Waals surface area contributed by atoms with Gasteiger partial charge < -0.3 is 10.6 Å². The molecule has 0 unspecified atom stereocenters. The lowest BCUT2D eigenvalue weighted by atomic mass is 10.1. The van der Waals surface area contributed by atoms with Crippen molar-refractivity contribution < 1.29 is 22.8 Å². The maximum Gasteiger partial charge on any atom is 0.416 e. The molecule has 0 saturated carbocycles. The van der Waals surface area contributed by atoms with Gasteiger partial charge in [-0.05, 0) is 49.4 Å². The first-order chi connectivity index (χ1) is 13.7. The quantitative estimate of drug-likeness (QED) is 0.571. The van der Waals surface area contributed by atoms with Gasteiger partial charge in [-0.15, -0.1) is 0 Å². The maximum atomic E-state index is 12.6. The van der Waals surface area contributed by atoms with Gasteiger partial charge >= 0.3 is 6.18 Å². The van der Waals surface area contributed by atoms with E-state index in [1.165, 1.54) is 37.5 Å². The number of carbonyl (C=O) groups is 2. The van der Waals surface area contributed by atoms with Gasteiger partial charge in [0.15, 0.2) is 5.78 Å². The number of Topliss-reactive ketones (excluding diaryl/α,β-unsaturated/α-hetero) is 1. The molecule has 1 heterocycles. The van der Waals surface area contributed by atoms with Crippen LogP contribution >= 0.6 is 0 Å². The summed E-state index contributed by atoms with van der Waals surface area (Å²) >= 11 is 0. The monoisotopic (exact) mass is 399 g/mol. The van der Waals surface area contributed by atoms with Gasteiger partial charge in [0.2, 0.25) is 0 Å². The van der Waals surface area contributed by atoms with E-state index in [1.807, 2.05) is 0 Å². The third-order valence-corrected chi connectivity index (χ3v) is 4.03. The van der Waals surface area contributed by atoms with Crippen molar-refractivity contribution in [2.75, 3.05) is 10.6 Å². The first-order valence-electron chi connectivity index (χ1n) is 8.54. The smallest absolute Gasteiger partial charge is 0.354 e. The molecule has 3 rings (SSSR count). The number of nitrogens with one attached hydrogen (secondary N) is 2. The molecule has 2 N–H and O–H groups in total. The molecule has 29 heavy (non-hydrogen) atoms. The van der Waals surface area contributed by atoms with Crippen LogP contribution in [0.3, 0.4) is 0 Å². The fourth-order valence-electron chi connectivity index (χ4n) is 2.56. The van der Waals surface area contributed by atoms with Gasteiger partial charge in [0.25, 0.3) is 5.91 Å². The lowest BCUT2D eigenvalue weighted by Gasteiger charge is -2.11. The minimum absolute atomic E-state index is 0.120. The Morgan fingerprint density at radius 1 is 0.862 bits per heavy atom. The first-order valence-corrected chi connectivity index (χ1v) is 8.54. The summed E-state index contributed by atoms with van der Waals surface area (Å²) in [5.74, 6) is -0.556. The molecule has 148 valence electrons. The highest BCUT2D eigenvalue weighted by atomic mass is 19.4. The Kier molecular flexibility index (Phi) is 5.63. The van der Waals surface area contributed by atoms with Crippen LogP contribution in [0.25, 0.3) is 0 Å². The Bertz CT molecular complexity index is 1050. The Hall–Kier alpha value is -3.68. The first kappa shape index (κ1) is 20.1. The zero-order valence-corrected chi connectivity index (χ0v) is 15.2. The molecule has 0 aliphatic rings. The number of alkyl halides is 3. The van der Waals surface area contributed by atoms with Crippen LogP contribution in [0.5, 0.6) is 0 Å². The van der Waals surface area contributed by atoms with Crippen LogP contribution in [0.2, 0.25) is 0 Å². The lowest BCUT2D eigenvalue weighted by Crippen LogP contribution is -2.13. The second-order valence-corrected chi connectivity index (χ2v) is 6.25. The molecule has 1 aromatic heterocycles. The number of halogens is 3. The zero-order chi connectivity index (χ0) is 21.0. The van der Waals surface area contributed by atoms with Gasteiger partial charge in [0, 0.05) is 23.1 Å². The third kappa shape index (κ3) is 5.19. The SMILES string of the molecule is CC(=O)c1cccc(NC(=O)c2cncc(Nc3ccc(C(F)(F)F)cc3)c2)c1. The summed E-state index contributed by atoms with van der Waals surface area (Å²) in [6, 6.07) is 12.6. The molecule has 0 radical (unpaired) electrons. The normalized spacial score (nSPS) is 11.0. The Morgan fingerprint density at radius 2 is 1.55 bits per heavy atom.